The number of carbonyl (C=O) groups excluding carboxylic acids is 1. The molecule has 3 aromatic heterocycles. The summed E-state index contributed by atoms with van der Waals surface area (Å²) in [7, 11) is 0. The van der Waals surface area contributed by atoms with Crippen molar-refractivity contribution in [2.24, 2.45) is 0 Å². The summed E-state index contributed by atoms with van der Waals surface area (Å²) in [6.07, 6.45) is 3.22. The first-order valence-electron chi connectivity index (χ1n) is 8.65. The lowest BCUT2D eigenvalue weighted by Crippen LogP contribution is -2.36. The van der Waals surface area contributed by atoms with Crippen LogP contribution in [0.1, 0.15) is 18.5 Å². The van der Waals surface area contributed by atoms with Crippen LogP contribution in [0.4, 0.5) is 0 Å². The summed E-state index contributed by atoms with van der Waals surface area (Å²) in [5, 5.41) is 13.5. The monoisotopic (exact) mass is 372 g/mol. The Bertz CT molecular complexity index is 878. The number of carbonyl (C=O) groups is 1. The maximum atomic E-state index is 12.1. The third-order valence-corrected chi connectivity index (χ3v) is 5.21. The Morgan fingerprint density at radius 3 is 3.12 bits per heavy atom. The standard InChI is InChI=1S/C18H20N4O3S/c1-12-10-15(25-21-12)13-11-20-22(17(13)16-5-3-9-26-16)7-6-19-18(23)14-4-2-8-24-14/h3,5,9-11,14H,2,4,6-8H2,1H3,(H,19,23). The molecular weight excluding hydrogens is 352 g/mol. The van der Waals surface area contributed by atoms with Crippen LogP contribution in [-0.4, -0.2) is 40.1 Å². The molecule has 0 saturated carbocycles. The molecule has 8 heteroatoms. The molecule has 1 N–H and O–H groups in total. The van der Waals surface area contributed by atoms with Crippen molar-refractivity contribution in [3.05, 3.63) is 35.5 Å². The van der Waals surface area contributed by atoms with E-state index in [1.807, 2.05) is 29.1 Å². The lowest BCUT2D eigenvalue weighted by atomic mass is 10.1. The van der Waals surface area contributed by atoms with E-state index in [9.17, 15) is 4.79 Å². The van der Waals surface area contributed by atoms with Gasteiger partial charge in [0.2, 0.25) is 5.91 Å². The normalized spacial score (nSPS) is 16.9. The molecule has 26 heavy (non-hydrogen) atoms. The fraction of sp³-hybridized carbons (Fsp3) is 0.389. The van der Waals surface area contributed by atoms with Crippen molar-refractivity contribution >= 4 is 17.2 Å². The van der Waals surface area contributed by atoms with Crippen LogP contribution in [0.15, 0.2) is 34.3 Å². The highest BCUT2D eigenvalue weighted by atomic mass is 32.1. The van der Waals surface area contributed by atoms with Gasteiger partial charge < -0.3 is 14.6 Å². The molecule has 0 aromatic carbocycles. The molecule has 1 amide bonds. The van der Waals surface area contributed by atoms with E-state index in [2.05, 4.69) is 21.6 Å². The number of aryl methyl sites for hydroxylation is 1. The lowest BCUT2D eigenvalue weighted by molar-refractivity contribution is -0.130. The van der Waals surface area contributed by atoms with Gasteiger partial charge in [0, 0.05) is 19.2 Å². The number of amides is 1. The molecule has 0 radical (unpaired) electrons. The van der Waals surface area contributed by atoms with Gasteiger partial charge in [0.05, 0.1) is 34.6 Å². The van der Waals surface area contributed by atoms with Crippen LogP contribution in [0.25, 0.3) is 21.9 Å². The van der Waals surface area contributed by atoms with Crippen molar-refractivity contribution in [2.75, 3.05) is 13.2 Å². The van der Waals surface area contributed by atoms with E-state index < -0.39 is 0 Å². The second-order valence-electron chi connectivity index (χ2n) is 6.23. The van der Waals surface area contributed by atoms with Gasteiger partial charge in [-0.15, -0.1) is 11.3 Å². The summed E-state index contributed by atoms with van der Waals surface area (Å²) in [4.78, 5) is 13.2. The minimum absolute atomic E-state index is 0.0431. The first-order valence-corrected chi connectivity index (χ1v) is 9.53. The fourth-order valence-electron chi connectivity index (χ4n) is 3.08. The van der Waals surface area contributed by atoms with Gasteiger partial charge in [0.25, 0.3) is 0 Å². The third-order valence-electron chi connectivity index (χ3n) is 4.33. The quantitative estimate of drug-likeness (QED) is 0.719. The highest BCUT2D eigenvalue weighted by Gasteiger charge is 2.23. The molecule has 4 rings (SSSR count). The van der Waals surface area contributed by atoms with Crippen LogP contribution in [-0.2, 0) is 16.1 Å². The molecule has 1 atom stereocenters. The van der Waals surface area contributed by atoms with Gasteiger partial charge in [-0.25, -0.2) is 0 Å². The van der Waals surface area contributed by atoms with E-state index in [1.165, 1.54) is 0 Å². The van der Waals surface area contributed by atoms with Crippen LogP contribution in [0.2, 0.25) is 0 Å². The van der Waals surface area contributed by atoms with Crippen LogP contribution in [0.3, 0.4) is 0 Å². The Labute approximate surface area is 154 Å². The molecule has 4 heterocycles. The minimum Gasteiger partial charge on any atom is -0.368 e. The van der Waals surface area contributed by atoms with E-state index in [4.69, 9.17) is 9.26 Å². The number of aromatic nitrogens is 3. The zero-order valence-corrected chi connectivity index (χ0v) is 15.3. The maximum Gasteiger partial charge on any atom is 0.249 e. The zero-order chi connectivity index (χ0) is 17.9. The van der Waals surface area contributed by atoms with Crippen molar-refractivity contribution in [2.45, 2.75) is 32.4 Å². The molecule has 0 spiro atoms. The fourth-order valence-corrected chi connectivity index (χ4v) is 3.87. The average molecular weight is 372 g/mol. The summed E-state index contributed by atoms with van der Waals surface area (Å²) >= 11 is 1.64. The molecule has 136 valence electrons. The molecule has 3 aromatic rings. The summed E-state index contributed by atoms with van der Waals surface area (Å²) < 4.78 is 12.7. The smallest absolute Gasteiger partial charge is 0.249 e. The maximum absolute atomic E-state index is 12.1. The SMILES string of the molecule is Cc1cc(-c2cnn(CCNC(=O)C3CCCO3)c2-c2cccs2)on1. The first-order chi connectivity index (χ1) is 12.7. The van der Waals surface area contributed by atoms with Gasteiger partial charge in [-0.3, -0.25) is 9.48 Å². The second-order valence-corrected chi connectivity index (χ2v) is 7.18. The van der Waals surface area contributed by atoms with Crippen LogP contribution < -0.4 is 5.32 Å². The summed E-state index contributed by atoms with van der Waals surface area (Å²) in [6.45, 7) is 3.62. The molecule has 1 saturated heterocycles. The Balaban J connectivity index is 1.52. The number of ether oxygens (including phenoxy) is 1. The Kier molecular flexibility index (Phi) is 4.85. The van der Waals surface area contributed by atoms with Gasteiger partial charge >= 0.3 is 0 Å². The van der Waals surface area contributed by atoms with E-state index >= 15 is 0 Å². The van der Waals surface area contributed by atoms with Crippen molar-refractivity contribution in [1.82, 2.24) is 20.3 Å². The van der Waals surface area contributed by atoms with E-state index in [0.29, 0.717) is 25.5 Å². The van der Waals surface area contributed by atoms with Crippen LogP contribution in [0, 0.1) is 6.92 Å². The Morgan fingerprint density at radius 2 is 2.42 bits per heavy atom. The molecule has 0 aliphatic carbocycles. The molecule has 0 bridgehead atoms. The predicted octanol–water partition coefficient (Wildman–Crippen LogP) is 2.87. The van der Waals surface area contributed by atoms with Crippen molar-refractivity contribution < 1.29 is 14.1 Å². The lowest BCUT2D eigenvalue weighted by Gasteiger charge is -2.12. The Hall–Kier alpha value is -2.45. The largest absolute Gasteiger partial charge is 0.368 e. The van der Waals surface area contributed by atoms with Gasteiger partial charge in [0.15, 0.2) is 5.76 Å². The predicted molar refractivity (Wildman–Crippen MR) is 97.8 cm³/mol. The van der Waals surface area contributed by atoms with Gasteiger partial charge in [-0.1, -0.05) is 11.2 Å². The second kappa shape index (κ2) is 7.43. The number of rotatable bonds is 6. The van der Waals surface area contributed by atoms with Crippen molar-refractivity contribution in [3.63, 3.8) is 0 Å². The Morgan fingerprint density at radius 1 is 1.50 bits per heavy atom. The zero-order valence-electron chi connectivity index (χ0n) is 14.5. The van der Waals surface area contributed by atoms with Crippen molar-refractivity contribution in [1.29, 1.82) is 0 Å². The summed E-state index contributed by atoms with van der Waals surface area (Å²) in [6, 6.07) is 5.96. The number of nitrogens with one attached hydrogen (secondary N) is 1. The van der Waals surface area contributed by atoms with Crippen LogP contribution >= 0.6 is 11.3 Å². The molecule has 1 aliphatic rings. The molecule has 1 unspecified atom stereocenters. The van der Waals surface area contributed by atoms with Crippen molar-refractivity contribution in [3.8, 4) is 21.9 Å². The summed E-state index contributed by atoms with van der Waals surface area (Å²) in [5.74, 6) is 0.652. The minimum atomic E-state index is -0.308. The van der Waals surface area contributed by atoms with Gasteiger partial charge in [-0.05, 0) is 31.2 Å². The number of hydrogen-bond acceptors (Lipinski definition) is 6. The summed E-state index contributed by atoms with van der Waals surface area (Å²) in [5.41, 5.74) is 2.70. The van der Waals surface area contributed by atoms with E-state index in [1.54, 1.807) is 17.5 Å². The third kappa shape index (κ3) is 3.42. The topological polar surface area (TPSA) is 82.2 Å². The number of thiophene rings is 1. The van der Waals surface area contributed by atoms with E-state index in [0.717, 1.165) is 34.7 Å². The highest BCUT2D eigenvalue weighted by Crippen LogP contribution is 2.34. The van der Waals surface area contributed by atoms with Crippen LogP contribution in [0.5, 0.6) is 0 Å². The number of hydrogen-bond donors (Lipinski definition) is 1. The average Bonchev–Trinajstić information content (AvgIpc) is 3.41. The first kappa shape index (κ1) is 17.0. The number of nitrogens with zero attached hydrogens (tertiary/aromatic N) is 3. The van der Waals surface area contributed by atoms with E-state index in [-0.39, 0.29) is 12.0 Å². The highest BCUT2D eigenvalue weighted by molar-refractivity contribution is 7.13. The molecular formula is C18H20N4O3S. The van der Waals surface area contributed by atoms with Gasteiger partial charge in [-0.2, -0.15) is 5.10 Å². The van der Waals surface area contributed by atoms with Gasteiger partial charge in [0.1, 0.15) is 6.10 Å². The molecule has 1 aliphatic heterocycles. The molecule has 1 fully saturated rings. The molecule has 7 nitrogen and oxygen atoms in total.